The summed E-state index contributed by atoms with van der Waals surface area (Å²) in [6.45, 7) is 7.47. The van der Waals surface area contributed by atoms with E-state index in [-0.39, 0.29) is 17.9 Å². The van der Waals surface area contributed by atoms with Crippen LogP contribution in [0.25, 0.3) is 11.0 Å². The smallest absolute Gasteiger partial charge is 0.435 e. The summed E-state index contributed by atoms with van der Waals surface area (Å²) in [6, 6.07) is 29.3. The predicted molar refractivity (Wildman–Crippen MR) is 200 cm³/mol. The molecule has 266 valence electrons. The lowest BCUT2D eigenvalue weighted by molar-refractivity contribution is -0.121. The average Bonchev–Trinajstić information content (AvgIpc) is 3.53. The summed E-state index contributed by atoms with van der Waals surface area (Å²) in [5.74, 6) is -0.859. The van der Waals surface area contributed by atoms with Crippen molar-refractivity contribution in [2.24, 2.45) is 0 Å². The van der Waals surface area contributed by atoms with Crippen LogP contribution in [0.1, 0.15) is 51.2 Å². The Bertz CT molecular complexity index is 2030. The first kappa shape index (κ1) is 32.8. The maximum atomic E-state index is 14.4. The Morgan fingerprint density at radius 1 is 0.863 bits per heavy atom. The highest BCUT2D eigenvalue weighted by molar-refractivity contribution is 6.99. The van der Waals surface area contributed by atoms with E-state index >= 15 is 0 Å². The van der Waals surface area contributed by atoms with Crippen molar-refractivity contribution in [1.82, 2.24) is 19.7 Å². The van der Waals surface area contributed by atoms with E-state index < -0.39 is 56.7 Å². The van der Waals surface area contributed by atoms with Crippen LogP contribution in [0.5, 0.6) is 0 Å². The van der Waals surface area contributed by atoms with Gasteiger partial charge >= 0.3 is 12.2 Å². The van der Waals surface area contributed by atoms with Gasteiger partial charge < -0.3 is 19.2 Å². The SMILES string of the molecule is [2H]C([2H])([2H])N(C(=O)OCc1ccccc1)[C@H](CO[Si](c1ccccc1)(c1ccccc1)C(C)(C)C)C(=O)Nc1ccc2c(cnn2C(=O)OC(C)(C)C)n1. The standard InChI is InChI=1S/C39H45N5O6Si/c1-38(2,3)50-37(47)44-32-23-24-34(41-31(32)25-40-44)42-35(45)33(43(7)36(46)48-26-28-17-11-8-12-18-28)27-49-51(39(4,5)6,29-19-13-9-14-20-29)30-21-15-10-16-22-30/h8-25,33H,26-27H2,1-7H3,(H,41,42,45)/t33-/m1/s1/i7D3. The Balaban J connectivity index is 1.55. The predicted octanol–water partition coefficient (Wildman–Crippen LogP) is 6.37. The van der Waals surface area contributed by atoms with Gasteiger partial charge in [0.15, 0.2) is 0 Å². The average molecular weight is 711 g/mol. The normalized spacial score (nSPS) is 13.7. The van der Waals surface area contributed by atoms with Gasteiger partial charge in [0.25, 0.3) is 14.2 Å². The first-order valence-electron chi connectivity index (χ1n) is 18.0. The summed E-state index contributed by atoms with van der Waals surface area (Å²) >= 11 is 0. The molecule has 11 nitrogen and oxygen atoms in total. The van der Waals surface area contributed by atoms with Crippen molar-refractivity contribution in [3.63, 3.8) is 0 Å². The number of carbonyl (C=O) groups excluding carboxylic acids is 3. The largest absolute Gasteiger partial charge is 0.445 e. The molecule has 51 heavy (non-hydrogen) atoms. The van der Waals surface area contributed by atoms with Gasteiger partial charge in [-0.1, -0.05) is 112 Å². The van der Waals surface area contributed by atoms with E-state index in [1.807, 2.05) is 81.4 Å². The quantitative estimate of drug-likeness (QED) is 0.166. The van der Waals surface area contributed by atoms with Crippen molar-refractivity contribution in [2.75, 3.05) is 18.9 Å². The van der Waals surface area contributed by atoms with Gasteiger partial charge in [-0.3, -0.25) is 9.69 Å². The van der Waals surface area contributed by atoms with E-state index in [1.54, 1.807) is 51.1 Å². The molecule has 0 saturated heterocycles. The number of benzene rings is 3. The molecule has 0 spiro atoms. The molecule has 0 fully saturated rings. The Kier molecular flexibility index (Phi) is 9.84. The molecule has 5 aromatic rings. The number of hydrogen-bond donors (Lipinski definition) is 1. The number of likely N-dealkylation sites (N-methyl/N-ethyl adjacent to an activating group) is 1. The number of ether oxygens (including phenoxy) is 2. The van der Waals surface area contributed by atoms with E-state index in [9.17, 15) is 14.4 Å². The molecule has 1 N–H and O–H groups in total. The zero-order valence-electron chi connectivity index (χ0n) is 32.6. The van der Waals surface area contributed by atoms with Crippen LogP contribution in [0.4, 0.5) is 15.4 Å². The summed E-state index contributed by atoms with van der Waals surface area (Å²) in [5, 5.41) is 8.04. The molecule has 0 unspecified atom stereocenters. The van der Waals surface area contributed by atoms with Gasteiger partial charge in [0, 0.05) is 11.1 Å². The van der Waals surface area contributed by atoms with Gasteiger partial charge in [-0.25, -0.2) is 14.6 Å². The van der Waals surface area contributed by atoms with Crippen molar-refractivity contribution in [3.05, 3.63) is 115 Å². The molecule has 2 aromatic heterocycles. The number of amides is 2. The molecule has 2 amide bonds. The summed E-state index contributed by atoms with van der Waals surface area (Å²) in [7, 11) is -3.34. The minimum atomic E-state index is -3.34. The number of fused-ring (bicyclic) bond motifs is 1. The second-order valence-corrected chi connectivity index (χ2v) is 18.3. The number of rotatable bonds is 10. The molecule has 12 heteroatoms. The minimum Gasteiger partial charge on any atom is -0.445 e. The second-order valence-electron chi connectivity index (χ2n) is 14.0. The second kappa shape index (κ2) is 15.3. The minimum absolute atomic E-state index is 0.0230. The van der Waals surface area contributed by atoms with Crippen molar-refractivity contribution < 1.29 is 32.4 Å². The molecule has 0 aliphatic heterocycles. The zero-order valence-corrected chi connectivity index (χ0v) is 30.6. The molecule has 3 aromatic carbocycles. The molecule has 0 aliphatic carbocycles. The highest BCUT2D eigenvalue weighted by atomic mass is 28.4. The lowest BCUT2D eigenvalue weighted by Gasteiger charge is -2.44. The van der Waals surface area contributed by atoms with Gasteiger partial charge in [-0.2, -0.15) is 9.78 Å². The summed E-state index contributed by atoms with van der Waals surface area (Å²) < 4.78 is 44.4. The van der Waals surface area contributed by atoms with Crippen LogP contribution in [0.3, 0.4) is 0 Å². The number of carbonyl (C=O) groups is 3. The molecule has 0 saturated carbocycles. The molecular weight excluding hydrogens is 663 g/mol. The van der Waals surface area contributed by atoms with Gasteiger partial charge in [-0.15, -0.1) is 0 Å². The van der Waals surface area contributed by atoms with Crippen molar-refractivity contribution >= 4 is 53.6 Å². The Morgan fingerprint density at radius 2 is 1.45 bits per heavy atom. The highest BCUT2D eigenvalue weighted by Crippen LogP contribution is 2.37. The van der Waals surface area contributed by atoms with E-state index in [4.69, 9.17) is 18.0 Å². The third-order valence-electron chi connectivity index (χ3n) is 8.13. The molecule has 1 atom stereocenters. The highest BCUT2D eigenvalue weighted by Gasteiger charge is 2.51. The zero-order chi connectivity index (χ0) is 39.3. The Morgan fingerprint density at radius 3 is 2.00 bits per heavy atom. The fraction of sp³-hybridized carbons (Fsp3) is 0.308. The van der Waals surface area contributed by atoms with Gasteiger partial charge in [0.2, 0.25) is 0 Å². The number of aromatic nitrogens is 3. The Labute approximate surface area is 303 Å². The van der Waals surface area contributed by atoms with Crippen LogP contribution in [0.2, 0.25) is 5.04 Å². The molecule has 0 radical (unpaired) electrons. The van der Waals surface area contributed by atoms with Crippen LogP contribution in [0, 0.1) is 0 Å². The van der Waals surface area contributed by atoms with Crippen molar-refractivity contribution in [3.8, 4) is 0 Å². The summed E-state index contributed by atoms with van der Waals surface area (Å²) in [5.41, 5.74) is 0.445. The lowest BCUT2D eigenvalue weighted by atomic mass is 10.2. The first-order valence-corrected chi connectivity index (χ1v) is 18.5. The van der Waals surface area contributed by atoms with E-state index in [2.05, 4.69) is 15.4 Å². The molecular formula is C39H45N5O6Si. The van der Waals surface area contributed by atoms with E-state index in [0.29, 0.717) is 16.0 Å². The Hall–Kier alpha value is -5.33. The summed E-state index contributed by atoms with van der Waals surface area (Å²) in [6.07, 6.45) is -0.597. The molecule has 5 rings (SSSR count). The maximum absolute atomic E-state index is 14.4. The topological polar surface area (TPSA) is 125 Å². The number of pyridine rings is 1. The maximum Gasteiger partial charge on any atom is 0.435 e. The molecule has 2 heterocycles. The number of nitrogens with one attached hydrogen (secondary N) is 1. The van der Waals surface area contributed by atoms with Gasteiger partial charge in [0.05, 0.1) is 18.3 Å². The van der Waals surface area contributed by atoms with Gasteiger partial charge in [-0.05, 0) is 53.9 Å². The number of anilines is 1. The van der Waals surface area contributed by atoms with Crippen LogP contribution in [-0.4, -0.2) is 71.3 Å². The van der Waals surface area contributed by atoms with Crippen LogP contribution in [-0.2, 0) is 25.3 Å². The summed E-state index contributed by atoms with van der Waals surface area (Å²) in [4.78, 5) is 45.9. The molecule has 0 bridgehead atoms. The molecule has 0 aliphatic rings. The number of nitrogens with zero attached hydrogens (tertiary/aromatic N) is 4. The van der Waals surface area contributed by atoms with E-state index in [0.717, 1.165) is 15.1 Å². The van der Waals surface area contributed by atoms with Crippen molar-refractivity contribution in [2.45, 2.75) is 64.8 Å². The third-order valence-corrected chi connectivity index (χ3v) is 13.1. The van der Waals surface area contributed by atoms with Crippen LogP contribution < -0.4 is 15.7 Å². The first-order chi connectivity index (χ1) is 25.4. The monoisotopic (exact) mass is 710 g/mol. The van der Waals surface area contributed by atoms with Crippen LogP contribution >= 0.6 is 0 Å². The third kappa shape index (κ3) is 8.52. The van der Waals surface area contributed by atoms with Crippen LogP contribution in [0.15, 0.2) is 109 Å². The lowest BCUT2D eigenvalue weighted by Crippen LogP contribution is -2.67. The fourth-order valence-corrected chi connectivity index (χ4v) is 10.4. The number of hydrogen-bond acceptors (Lipinski definition) is 8. The van der Waals surface area contributed by atoms with Crippen molar-refractivity contribution in [1.29, 1.82) is 0 Å². The fourth-order valence-electron chi connectivity index (χ4n) is 5.80. The van der Waals surface area contributed by atoms with Gasteiger partial charge in [0.1, 0.15) is 29.6 Å². The van der Waals surface area contributed by atoms with E-state index in [1.165, 1.54) is 18.3 Å².